The summed E-state index contributed by atoms with van der Waals surface area (Å²) in [5.41, 5.74) is 2.28. The predicted molar refractivity (Wildman–Crippen MR) is 225 cm³/mol. The van der Waals surface area contributed by atoms with Crippen LogP contribution in [0.5, 0.6) is 0 Å². The molecule has 4 aliphatic rings. The molecule has 0 aliphatic carbocycles. The summed E-state index contributed by atoms with van der Waals surface area (Å²) in [4.78, 5) is 58.7. The van der Waals surface area contributed by atoms with Crippen molar-refractivity contribution in [3.05, 3.63) is 78.1 Å². The second-order valence-corrected chi connectivity index (χ2v) is 17.1. The van der Waals surface area contributed by atoms with E-state index in [1.807, 2.05) is 23.9 Å². The Balaban J connectivity index is 0.761. The summed E-state index contributed by atoms with van der Waals surface area (Å²) in [6.45, 7) is 2.11. The number of carbonyl (C=O) groups is 4. The minimum Gasteiger partial charge on any atom is -0.366 e. The Morgan fingerprint density at radius 2 is 1.74 bits per heavy atom. The van der Waals surface area contributed by atoms with Gasteiger partial charge in [0.05, 0.1) is 53.5 Å². The molecule has 5 N–H and O–H groups in total. The summed E-state index contributed by atoms with van der Waals surface area (Å²) in [5, 5.41) is 23.6. The maximum atomic E-state index is 13.9. The van der Waals surface area contributed by atoms with E-state index in [1.165, 1.54) is 6.07 Å². The molecular formula is C42H48F3N11O4S. The number of unbranched alkanes of at least 4 members (excludes halogenated alkanes) is 3. The van der Waals surface area contributed by atoms with Gasteiger partial charge in [0.25, 0.3) is 0 Å². The average Bonchev–Trinajstić information content (AvgIpc) is 4.05. The molecule has 0 radical (unpaired) electrons. The van der Waals surface area contributed by atoms with Gasteiger partial charge in [-0.1, -0.05) is 36.3 Å². The van der Waals surface area contributed by atoms with Crippen molar-refractivity contribution in [2.24, 2.45) is 0 Å². The van der Waals surface area contributed by atoms with Crippen molar-refractivity contribution in [2.75, 3.05) is 40.5 Å². The highest BCUT2D eigenvalue weighted by molar-refractivity contribution is 8.00. The van der Waals surface area contributed by atoms with Crippen LogP contribution in [-0.4, -0.2) is 92.6 Å². The largest absolute Gasteiger partial charge is 0.416 e. The molecule has 0 spiro atoms. The van der Waals surface area contributed by atoms with Crippen molar-refractivity contribution in [2.45, 2.75) is 93.9 Å². The highest BCUT2D eigenvalue weighted by Crippen LogP contribution is 2.41. The molecular weight excluding hydrogens is 812 g/mol. The zero-order valence-corrected chi connectivity index (χ0v) is 34.2. The number of carbonyl (C=O) groups excluding carboxylic acids is 4. The van der Waals surface area contributed by atoms with Crippen LogP contribution in [0.4, 0.5) is 40.0 Å². The molecule has 6 heterocycles. The Bertz CT molecular complexity index is 2260. The second kappa shape index (κ2) is 18.4. The molecule has 15 nitrogen and oxygen atoms in total. The lowest BCUT2D eigenvalue weighted by molar-refractivity contribution is -0.137. The van der Waals surface area contributed by atoms with Crippen LogP contribution in [0.3, 0.4) is 0 Å². The number of pyridine rings is 1. The molecule has 6 amide bonds. The van der Waals surface area contributed by atoms with Gasteiger partial charge in [0.15, 0.2) is 5.82 Å². The van der Waals surface area contributed by atoms with Crippen LogP contribution in [0.1, 0.15) is 69.0 Å². The Morgan fingerprint density at radius 3 is 2.59 bits per heavy atom. The zero-order valence-electron chi connectivity index (χ0n) is 33.4. The first-order chi connectivity index (χ1) is 29.5. The molecule has 4 aliphatic heterocycles. The number of benzene rings is 2. The maximum Gasteiger partial charge on any atom is 0.416 e. The molecule has 3 saturated heterocycles. The Hall–Kier alpha value is -5.85. The topological polar surface area (TPSA) is 179 Å². The highest BCUT2D eigenvalue weighted by Gasteiger charge is 2.43. The smallest absolute Gasteiger partial charge is 0.366 e. The summed E-state index contributed by atoms with van der Waals surface area (Å²) in [6, 6.07) is 15.3. The second-order valence-electron chi connectivity index (χ2n) is 15.8. The molecule has 61 heavy (non-hydrogen) atoms. The number of anilines is 3. The summed E-state index contributed by atoms with van der Waals surface area (Å²) in [5.74, 6) is 1.25. The van der Waals surface area contributed by atoms with E-state index < -0.39 is 17.8 Å². The number of alkyl halides is 3. The van der Waals surface area contributed by atoms with Gasteiger partial charge in [-0.05, 0) is 74.6 Å². The van der Waals surface area contributed by atoms with E-state index in [-0.39, 0.29) is 42.5 Å². The number of nitrogens with one attached hydrogen (secondary N) is 5. The zero-order chi connectivity index (χ0) is 42.5. The normalized spacial score (nSPS) is 20.1. The summed E-state index contributed by atoms with van der Waals surface area (Å²) in [7, 11) is 0. The highest BCUT2D eigenvalue weighted by atomic mass is 32.2. The third-order valence-electron chi connectivity index (χ3n) is 11.5. The number of aromatic nitrogens is 4. The third kappa shape index (κ3) is 10.0. The Labute approximate surface area is 355 Å². The number of hydrogen-bond donors (Lipinski definition) is 5. The number of nitrogens with zero attached hydrogens (tertiary/aromatic N) is 6. The fourth-order valence-electron chi connectivity index (χ4n) is 8.36. The van der Waals surface area contributed by atoms with Gasteiger partial charge >= 0.3 is 18.2 Å². The Kier molecular flexibility index (Phi) is 12.6. The lowest BCUT2D eigenvalue weighted by Crippen LogP contribution is -2.48. The van der Waals surface area contributed by atoms with Crippen LogP contribution < -0.4 is 36.4 Å². The number of urea groups is 2. The predicted octanol–water partition coefficient (Wildman–Crippen LogP) is 6.00. The first-order valence-electron chi connectivity index (χ1n) is 20.8. The van der Waals surface area contributed by atoms with Crippen molar-refractivity contribution in [1.29, 1.82) is 0 Å². The minimum absolute atomic E-state index is 0.0391. The molecule has 4 aromatic rings. The van der Waals surface area contributed by atoms with E-state index >= 15 is 0 Å². The average molecular weight is 860 g/mol. The van der Waals surface area contributed by atoms with Crippen LogP contribution in [0.25, 0.3) is 16.9 Å². The third-order valence-corrected chi connectivity index (χ3v) is 13.0. The molecule has 8 rings (SSSR count). The molecule has 4 atom stereocenters. The molecule has 322 valence electrons. The number of thioether (sulfide) groups is 1. The fraction of sp³-hybridized carbons (Fsp3) is 0.452. The van der Waals surface area contributed by atoms with E-state index in [0.29, 0.717) is 78.2 Å². The van der Waals surface area contributed by atoms with E-state index in [9.17, 15) is 32.3 Å². The molecule has 2 aromatic carbocycles. The monoisotopic (exact) mass is 859 g/mol. The summed E-state index contributed by atoms with van der Waals surface area (Å²) in [6.07, 6.45) is 3.77. The van der Waals surface area contributed by atoms with Crippen LogP contribution in [0, 0.1) is 0 Å². The quantitative estimate of drug-likeness (QED) is 0.0668. The summed E-state index contributed by atoms with van der Waals surface area (Å²) >= 11 is 1.88. The van der Waals surface area contributed by atoms with Crippen LogP contribution in [-0.2, 0) is 22.3 Å². The number of halogens is 3. The van der Waals surface area contributed by atoms with Crippen LogP contribution >= 0.6 is 11.8 Å². The van der Waals surface area contributed by atoms with E-state index in [1.54, 1.807) is 46.1 Å². The van der Waals surface area contributed by atoms with Crippen molar-refractivity contribution in [3.8, 4) is 16.9 Å². The van der Waals surface area contributed by atoms with Crippen molar-refractivity contribution in [3.63, 3.8) is 0 Å². The molecule has 2 bridgehead atoms. The van der Waals surface area contributed by atoms with Crippen molar-refractivity contribution < 1.29 is 32.3 Å². The van der Waals surface area contributed by atoms with Gasteiger partial charge in [0.2, 0.25) is 11.8 Å². The molecule has 4 unspecified atom stereocenters. The first-order valence-corrected chi connectivity index (χ1v) is 21.8. The van der Waals surface area contributed by atoms with Gasteiger partial charge in [-0.3, -0.25) is 14.5 Å². The lowest BCUT2D eigenvalue weighted by Gasteiger charge is -2.36. The van der Waals surface area contributed by atoms with Gasteiger partial charge in [-0.2, -0.15) is 24.9 Å². The van der Waals surface area contributed by atoms with E-state index in [2.05, 4.69) is 41.8 Å². The standard InChI is InChI=1S/C42H48F3N11O4S/c43-42(44,45)27-9-6-8-26(20-27)32-15-16-34-39(49-32)56(31-17-19-54(34)24-31)41(60)48-28-10-7-11-30(21-28)55-23-29(52-53-55)22-47-37(58)13-2-1-5-18-46-36(57)14-4-3-12-35-38-33(25-61-35)50-40(59)51-38/h6-11,15-16,20-21,23,31,33,35,38H,1-5,12-14,17-19,22,24-25H2,(H,46,57)(H,47,58)(H,48,60)(H2,50,51,59). The van der Waals surface area contributed by atoms with Crippen LogP contribution in [0.15, 0.2) is 66.9 Å². The van der Waals surface area contributed by atoms with Crippen molar-refractivity contribution >= 4 is 52.8 Å². The van der Waals surface area contributed by atoms with Gasteiger partial charge in [-0.15, -0.1) is 5.10 Å². The van der Waals surface area contributed by atoms with Gasteiger partial charge < -0.3 is 31.5 Å². The first kappa shape index (κ1) is 41.9. The molecule has 3 fully saturated rings. The van der Waals surface area contributed by atoms with Gasteiger partial charge in [0.1, 0.15) is 5.69 Å². The molecule has 0 saturated carbocycles. The number of fused-ring (bicyclic) bond motifs is 5. The van der Waals surface area contributed by atoms with Crippen molar-refractivity contribution in [1.82, 2.24) is 41.2 Å². The summed E-state index contributed by atoms with van der Waals surface area (Å²) < 4.78 is 42.0. The van der Waals surface area contributed by atoms with Gasteiger partial charge in [-0.25, -0.2) is 19.3 Å². The van der Waals surface area contributed by atoms with E-state index in [4.69, 9.17) is 4.98 Å². The molecule has 19 heteroatoms. The number of hydrogen-bond acceptors (Lipinski definition) is 9. The number of rotatable bonds is 16. The van der Waals surface area contributed by atoms with Crippen LogP contribution in [0.2, 0.25) is 0 Å². The SMILES string of the molecule is O=C(CCCCC1SCC2NC(=O)NC21)NCCCCCC(=O)NCc1cn(-c2cccc(NC(=O)N3c4nc(-c5cccc(C(F)(F)F)c5)ccc4N4CCC3C4)c2)nn1. The minimum atomic E-state index is -4.50. The molecule has 2 aromatic heterocycles. The lowest BCUT2D eigenvalue weighted by atomic mass is 10.0. The van der Waals surface area contributed by atoms with Gasteiger partial charge in [0, 0.05) is 54.7 Å². The fourth-order valence-corrected chi connectivity index (χ4v) is 9.90. The Morgan fingerprint density at radius 1 is 0.918 bits per heavy atom. The number of amides is 6. The maximum absolute atomic E-state index is 13.9. The van der Waals surface area contributed by atoms with E-state index in [0.717, 1.165) is 62.2 Å².